The number of likely N-dealkylation sites (tertiary alicyclic amines) is 1. The number of rotatable bonds is 5. The Morgan fingerprint density at radius 1 is 1.06 bits per heavy atom. The van der Waals surface area contributed by atoms with Gasteiger partial charge in [0.05, 0.1) is 0 Å². The molecule has 2 atom stereocenters. The van der Waals surface area contributed by atoms with E-state index in [9.17, 15) is 4.79 Å². The third kappa shape index (κ3) is 4.49. The van der Waals surface area contributed by atoms with Gasteiger partial charge in [0.2, 0.25) is 0 Å². The average molecular weight is 504 g/mol. The second-order valence-corrected chi connectivity index (χ2v) is 22.0. The van der Waals surface area contributed by atoms with Crippen molar-refractivity contribution in [3.05, 3.63) is 29.3 Å². The number of nitrogens with zero attached hydrogens (tertiary/aromatic N) is 1. The third-order valence-electron chi connectivity index (χ3n) is 9.20. The molecule has 1 amide bonds. The Labute approximate surface area is 214 Å². The molecule has 0 spiro atoms. The number of hydrogen-bond donors (Lipinski definition) is 0. The van der Waals surface area contributed by atoms with Gasteiger partial charge in [-0.15, -0.1) is 0 Å². The molecule has 192 valence electrons. The molecule has 34 heavy (non-hydrogen) atoms. The lowest BCUT2D eigenvalue weighted by atomic mass is 9.51. The summed E-state index contributed by atoms with van der Waals surface area (Å²) in [4.78, 5) is 16.7. The fraction of sp³-hybridized carbons (Fsp3) is 0.759. The molecule has 0 radical (unpaired) electrons. The minimum atomic E-state index is -1.62. The molecule has 1 aromatic carbocycles. The average Bonchev–Trinajstić information content (AvgIpc) is 2.66. The van der Waals surface area contributed by atoms with Crippen molar-refractivity contribution in [1.82, 2.24) is 4.90 Å². The van der Waals surface area contributed by atoms with Crippen LogP contribution in [0.3, 0.4) is 0 Å². The topological polar surface area (TPSA) is 29.5 Å². The van der Waals surface area contributed by atoms with Gasteiger partial charge < -0.3 is 9.64 Å². The summed E-state index contributed by atoms with van der Waals surface area (Å²) in [7, 11) is -1.62. The molecule has 0 unspecified atom stereocenters. The van der Waals surface area contributed by atoms with Crippen LogP contribution in [0, 0.1) is 5.41 Å². The summed E-state index contributed by atoms with van der Waals surface area (Å²) in [5.41, 5.74) is 4.63. The van der Waals surface area contributed by atoms with E-state index in [1.165, 1.54) is 16.0 Å². The molecule has 1 aliphatic heterocycles. The van der Waals surface area contributed by atoms with Gasteiger partial charge in [-0.05, 0) is 78.9 Å². The van der Waals surface area contributed by atoms with Crippen molar-refractivity contribution in [2.75, 3.05) is 6.54 Å². The molecule has 3 nitrogen and oxygen atoms in total. The largest absolute Gasteiger partial charge is 0.444 e. The van der Waals surface area contributed by atoms with E-state index in [1.807, 2.05) is 25.7 Å². The first kappa shape index (κ1) is 27.6. The Morgan fingerprint density at radius 2 is 1.62 bits per heavy atom. The molecule has 1 aliphatic carbocycles. The Bertz CT molecular complexity index is 895. The highest BCUT2D eigenvalue weighted by Gasteiger charge is 2.57. The highest BCUT2D eigenvalue weighted by molar-refractivity contribution is 8.29. The molecule has 0 saturated carbocycles. The number of carbonyl (C=O) groups is 1. The molecule has 0 N–H and O–H groups in total. The van der Waals surface area contributed by atoms with Crippen molar-refractivity contribution in [2.24, 2.45) is 5.41 Å². The van der Waals surface area contributed by atoms with E-state index in [2.05, 4.69) is 91.7 Å². The standard InChI is InChI=1S/C29H49NO2SSi/c1-19(2)34(20(3)4,21(5)6)33-23-13-14-24-22(17-23)18-25-28(10,11)29(24,12)15-16-30(25)26(31)32-27(7,8)9/h13-14,17,19-21,25H,15-16,18H2,1-12H3/t25-,29+/m1/s1. The Kier molecular flexibility index (Phi) is 7.46. The predicted octanol–water partition coefficient (Wildman–Crippen LogP) is 8.80. The van der Waals surface area contributed by atoms with Crippen LogP contribution >= 0.6 is 11.2 Å². The maximum absolute atomic E-state index is 13.2. The van der Waals surface area contributed by atoms with E-state index in [-0.39, 0.29) is 23.0 Å². The van der Waals surface area contributed by atoms with Crippen LogP contribution < -0.4 is 0 Å². The molecule has 1 aromatic rings. The molecular formula is C29H49NO2SSi. The fourth-order valence-electron chi connectivity index (χ4n) is 7.07. The van der Waals surface area contributed by atoms with Crippen LogP contribution in [-0.4, -0.2) is 36.4 Å². The van der Waals surface area contributed by atoms with Crippen LogP contribution in [0.25, 0.3) is 0 Å². The van der Waals surface area contributed by atoms with Gasteiger partial charge in [-0.25, -0.2) is 4.79 Å². The number of benzene rings is 1. The summed E-state index contributed by atoms with van der Waals surface area (Å²) in [6.45, 7) is 28.4. The number of ether oxygens (including phenoxy) is 1. The fourth-order valence-corrected chi connectivity index (χ4v) is 16.3. The first-order valence-corrected chi connectivity index (χ1v) is 17.1. The minimum absolute atomic E-state index is 0.0177. The van der Waals surface area contributed by atoms with Gasteiger partial charge >= 0.3 is 6.09 Å². The number of piperidine rings is 1. The summed E-state index contributed by atoms with van der Waals surface area (Å²) < 4.78 is 5.84. The Balaban J connectivity index is 2.02. The summed E-state index contributed by atoms with van der Waals surface area (Å²) >= 11 is 2.21. The maximum Gasteiger partial charge on any atom is 0.410 e. The van der Waals surface area contributed by atoms with Crippen molar-refractivity contribution in [1.29, 1.82) is 0 Å². The van der Waals surface area contributed by atoms with Crippen molar-refractivity contribution in [2.45, 2.75) is 135 Å². The van der Waals surface area contributed by atoms with Gasteiger partial charge in [-0.2, -0.15) is 11.2 Å². The minimum Gasteiger partial charge on any atom is -0.444 e. The summed E-state index contributed by atoms with van der Waals surface area (Å²) in [6, 6.07) is 7.46. The van der Waals surface area contributed by atoms with Gasteiger partial charge in [0.15, 0.2) is 0 Å². The van der Waals surface area contributed by atoms with Gasteiger partial charge in [-0.1, -0.05) is 68.4 Å². The summed E-state index contributed by atoms with van der Waals surface area (Å²) in [5, 5.41) is 0. The highest BCUT2D eigenvalue weighted by atomic mass is 32.4. The van der Waals surface area contributed by atoms with Crippen molar-refractivity contribution in [3.63, 3.8) is 0 Å². The molecule has 2 aliphatic rings. The quantitative estimate of drug-likeness (QED) is 0.376. The van der Waals surface area contributed by atoms with Crippen molar-refractivity contribution < 1.29 is 9.53 Å². The first-order chi connectivity index (χ1) is 15.5. The van der Waals surface area contributed by atoms with E-state index in [1.54, 1.807) is 0 Å². The molecule has 5 heteroatoms. The zero-order valence-electron chi connectivity index (χ0n) is 23.8. The van der Waals surface area contributed by atoms with Gasteiger partial charge in [0.1, 0.15) is 12.8 Å². The van der Waals surface area contributed by atoms with Gasteiger partial charge in [-0.3, -0.25) is 0 Å². The Morgan fingerprint density at radius 3 is 2.12 bits per heavy atom. The first-order valence-electron chi connectivity index (χ1n) is 13.3. The van der Waals surface area contributed by atoms with Crippen LogP contribution in [-0.2, 0) is 16.6 Å². The molecule has 1 fully saturated rings. The maximum atomic E-state index is 13.2. The SMILES string of the molecule is CC(C)[Si](Sc1ccc2c(c1)C[C@H]1N(C(=O)OC(C)(C)C)CC[C@]2(C)C1(C)C)(C(C)C)C(C)C. The molecule has 0 aromatic heterocycles. The third-order valence-corrected chi connectivity index (χ3v) is 21.5. The van der Waals surface area contributed by atoms with E-state index < -0.39 is 12.8 Å². The van der Waals surface area contributed by atoms with Crippen LogP contribution in [0.2, 0.25) is 16.6 Å². The monoisotopic (exact) mass is 503 g/mol. The van der Waals surface area contributed by atoms with Crippen LogP contribution in [0.1, 0.15) is 101 Å². The summed E-state index contributed by atoms with van der Waals surface area (Å²) in [6.07, 6.45) is 1.72. The molecule has 1 heterocycles. The van der Waals surface area contributed by atoms with E-state index >= 15 is 0 Å². The lowest BCUT2D eigenvalue weighted by Crippen LogP contribution is -2.65. The molecule has 3 rings (SSSR count). The van der Waals surface area contributed by atoms with E-state index in [0.717, 1.165) is 19.4 Å². The zero-order chi connectivity index (χ0) is 25.9. The van der Waals surface area contributed by atoms with Crippen LogP contribution in [0.15, 0.2) is 23.1 Å². The zero-order valence-corrected chi connectivity index (χ0v) is 25.7. The van der Waals surface area contributed by atoms with E-state index in [0.29, 0.717) is 16.6 Å². The lowest BCUT2D eigenvalue weighted by molar-refractivity contribution is -0.0521. The Hall–Kier alpha value is -0.943. The molecule has 2 bridgehead atoms. The smallest absolute Gasteiger partial charge is 0.410 e. The van der Waals surface area contributed by atoms with Crippen LogP contribution in [0.4, 0.5) is 4.79 Å². The number of hydrogen-bond acceptors (Lipinski definition) is 3. The van der Waals surface area contributed by atoms with Crippen LogP contribution in [0.5, 0.6) is 0 Å². The number of fused-ring (bicyclic) bond motifs is 4. The molecule has 1 saturated heterocycles. The number of carbonyl (C=O) groups excluding carboxylic acids is 1. The van der Waals surface area contributed by atoms with Gasteiger partial charge in [0.25, 0.3) is 0 Å². The highest BCUT2D eigenvalue weighted by Crippen LogP contribution is 2.57. The molecular weight excluding hydrogens is 454 g/mol. The van der Waals surface area contributed by atoms with Crippen molar-refractivity contribution >= 4 is 24.5 Å². The predicted molar refractivity (Wildman–Crippen MR) is 150 cm³/mol. The summed E-state index contributed by atoms with van der Waals surface area (Å²) in [5.74, 6) is 0. The normalized spacial score (nSPS) is 24.6. The lowest BCUT2D eigenvalue weighted by Gasteiger charge is -2.60. The number of amides is 1. The second kappa shape index (κ2) is 9.17. The van der Waals surface area contributed by atoms with Crippen molar-refractivity contribution in [3.8, 4) is 0 Å². The van der Waals surface area contributed by atoms with E-state index in [4.69, 9.17) is 4.74 Å². The van der Waals surface area contributed by atoms with Gasteiger partial charge in [0, 0.05) is 22.9 Å². The second-order valence-electron chi connectivity index (χ2n) is 13.4.